The lowest BCUT2D eigenvalue weighted by atomic mass is 9.94. The van der Waals surface area contributed by atoms with Gasteiger partial charge in [-0.1, -0.05) is 6.92 Å². The van der Waals surface area contributed by atoms with Crippen LogP contribution in [0.5, 0.6) is 0 Å². The van der Waals surface area contributed by atoms with E-state index in [1.165, 1.54) is 16.8 Å². The Kier molecular flexibility index (Phi) is 4.48. The summed E-state index contributed by atoms with van der Waals surface area (Å²) in [6, 6.07) is 4.46. The molecule has 1 aromatic heterocycles. The van der Waals surface area contributed by atoms with Gasteiger partial charge in [0, 0.05) is 30.9 Å². The molecule has 2 heterocycles. The average Bonchev–Trinajstić information content (AvgIpc) is 2.56. The Morgan fingerprint density at radius 3 is 2.87 bits per heavy atom. The van der Waals surface area contributed by atoms with Crippen molar-refractivity contribution in [3.63, 3.8) is 0 Å². The van der Waals surface area contributed by atoms with E-state index in [-0.39, 0.29) is 0 Å². The third-order valence-corrected chi connectivity index (χ3v) is 4.41. The largest absolute Gasteiger partial charge is 0.385 e. The Bertz CT molecular complexity index is 711. The fourth-order valence-electron chi connectivity index (χ4n) is 3.13. The quantitative estimate of drug-likeness (QED) is 0.909. The standard InChI is InChI=1S/C18H25N5/c1-4-15-18(19)21-10-17(22-15)13-8-12-6-7-23(3)11-14(12)16(9-13)20-5-2/h8-10,20H,4-7,11H2,1-3H3,(H2,19,21). The molecule has 0 fully saturated rings. The Balaban J connectivity index is 2.08. The molecule has 0 amide bonds. The molecule has 0 saturated heterocycles. The van der Waals surface area contributed by atoms with Crippen LogP contribution in [0.3, 0.4) is 0 Å². The summed E-state index contributed by atoms with van der Waals surface area (Å²) in [5.41, 5.74) is 12.8. The van der Waals surface area contributed by atoms with Crippen molar-refractivity contribution >= 4 is 11.5 Å². The Morgan fingerprint density at radius 2 is 2.13 bits per heavy atom. The second-order valence-corrected chi connectivity index (χ2v) is 6.12. The number of likely N-dealkylation sites (N-methyl/N-ethyl adjacent to an activating group) is 1. The van der Waals surface area contributed by atoms with Crippen molar-refractivity contribution in [3.8, 4) is 11.3 Å². The Hall–Kier alpha value is -2.14. The highest BCUT2D eigenvalue weighted by Gasteiger charge is 2.18. The maximum Gasteiger partial charge on any atom is 0.145 e. The number of hydrogen-bond donors (Lipinski definition) is 2. The van der Waals surface area contributed by atoms with Crippen molar-refractivity contribution in [2.75, 3.05) is 31.2 Å². The van der Waals surface area contributed by atoms with Gasteiger partial charge in [-0.15, -0.1) is 0 Å². The topological polar surface area (TPSA) is 67.1 Å². The summed E-state index contributed by atoms with van der Waals surface area (Å²) in [5, 5.41) is 3.51. The van der Waals surface area contributed by atoms with Crippen LogP contribution >= 0.6 is 0 Å². The molecule has 1 aromatic carbocycles. The van der Waals surface area contributed by atoms with Crippen LogP contribution in [0.1, 0.15) is 30.7 Å². The predicted octanol–water partition coefficient (Wildman–Crippen LogP) is 2.71. The molecule has 1 aliphatic rings. The van der Waals surface area contributed by atoms with Crippen LogP contribution in [-0.2, 0) is 19.4 Å². The van der Waals surface area contributed by atoms with Gasteiger partial charge in [-0.25, -0.2) is 9.97 Å². The molecule has 0 radical (unpaired) electrons. The lowest BCUT2D eigenvalue weighted by Crippen LogP contribution is -2.27. The number of aryl methyl sites for hydroxylation is 1. The number of fused-ring (bicyclic) bond motifs is 1. The monoisotopic (exact) mass is 311 g/mol. The molecule has 0 bridgehead atoms. The molecule has 3 rings (SSSR count). The van der Waals surface area contributed by atoms with Gasteiger partial charge >= 0.3 is 0 Å². The maximum atomic E-state index is 5.89. The van der Waals surface area contributed by atoms with E-state index in [4.69, 9.17) is 10.7 Å². The molecule has 0 spiro atoms. The molecular formula is C18H25N5. The normalized spacial score (nSPS) is 14.6. The van der Waals surface area contributed by atoms with Crippen LogP contribution in [0.2, 0.25) is 0 Å². The fourth-order valence-corrected chi connectivity index (χ4v) is 3.13. The number of nitrogens with one attached hydrogen (secondary N) is 1. The van der Waals surface area contributed by atoms with Crippen molar-refractivity contribution in [2.45, 2.75) is 33.2 Å². The summed E-state index contributed by atoms with van der Waals surface area (Å²) in [6.07, 6.45) is 3.64. The van der Waals surface area contributed by atoms with Gasteiger partial charge in [-0.2, -0.15) is 0 Å². The van der Waals surface area contributed by atoms with Gasteiger partial charge < -0.3 is 16.0 Å². The van der Waals surface area contributed by atoms with Crippen molar-refractivity contribution in [1.82, 2.24) is 14.9 Å². The number of nitrogens with zero attached hydrogens (tertiary/aromatic N) is 3. The SMILES string of the molecule is CCNc1cc(-c2cnc(N)c(CC)n2)cc2c1CN(C)CC2. The molecule has 0 unspecified atom stereocenters. The molecule has 3 N–H and O–H groups in total. The predicted molar refractivity (Wildman–Crippen MR) is 95.5 cm³/mol. The smallest absolute Gasteiger partial charge is 0.145 e. The van der Waals surface area contributed by atoms with Gasteiger partial charge in [0.1, 0.15) is 5.82 Å². The summed E-state index contributed by atoms with van der Waals surface area (Å²) >= 11 is 0. The molecule has 1 aliphatic heterocycles. The van der Waals surface area contributed by atoms with Crippen molar-refractivity contribution in [2.24, 2.45) is 0 Å². The van der Waals surface area contributed by atoms with E-state index < -0.39 is 0 Å². The van der Waals surface area contributed by atoms with Crippen molar-refractivity contribution in [1.29, 1.82) is 0 Å². The first-order valence-electron chi connectivity index (χ1n) is 8.32. The second-order valence-electron chi connectivity index (χ2n) is 6.12. The number of rotatable bonds is 4. The summed E-state index contributed by atoms with van der Waals surface area (Å²) in [4.78, 5) is 11.4. The van der Waals surface area contributed by atoms with Crippen molar-refractivity contribution < 1.29 is 0 Å². The zero-order valence-electron chi connectivity index (χ0n) is 14.2. The van der Waals surface area contributed by atoms with E-state index in [1.807, 2.05) is 0 Å². The van der Waals surface area contributed by atoms with Gasteiger partial charge in [0.15, 0.2) is 0 Å². The summed E-state index contributed by atoms with van der Waals surface area (Å²) in [5.74, 6) is 0.530. The molecule has 0 saturated carbocycles. The van der Waals surface area contributed by atoms with Gasteiger partial charge in [0.25, 0.3) is 0 Å². The first-order chi connectivity index (χ1) is 11.1. The number of nitrogens with two attached hydrogens (primary N) is 1. The van der Waals surface area contributed by atoms with Crippen molar-refractivity contribution in [3.05, 3.63) is 35.2 Å². The Labute approximate surface area is 137 Å². The van der Waals surface area contributed by atoms with Crippen LogP contribution < -0.4 is 11.1 Å². The minimum atomic E-state index is 0.530. The lowest BCUT2D eigenvalue weighted by molar-refractivity contribution is 0.313. The molecule has 2 aromatic rings. The summed E-state index contributed by atoms with van der Waals surface area (Å²) in [6.45, 7) is 7.18. The fraction of sp³-hybridized carbons (Fsp3) is 0.444. The summed E-state index contributed by atoms with van der Waals surface area (Å²) < 4.78 is 0. The first-order valence-corrected chi connectivity index (χ1v) is 8.32. The van der Waals surface area contributed by atoms with Gasteiger partial charge in [0.2, 0.25) is 0 Å². The van der Waals surface area contributed by atoms with Crippen LogP contribution in [0.15, 0.2) is 18.3 Å². The van der Waals surface area contributed by atoms with Crippen LogP contribution in [0, 0.1) is 0 Å². The van der Waals surface area contributed by atoms with Gasteiger partial charge in [0.05, 0.1) is 17.6 Å². The molecule has 0 atom stereocenters. The minimum absolute atomic E-state index is 0.530. The highest BCUT2D eigenvalue weighted by atomic mass is 15.1. The van der Waals surface area contributed by atoms with E-state index >= 15 is 0 Å². The van der Waals surface area contributed by atoms with E-state index in [0.29, 0.717) is 5.82 Å². The van der Waals surface area contributed by atoms with Gasteiger partial charge in [-0.3, -0.25) is 0 Å². The number of aromatic nitrogens is 2. The zero-order chi connectivity index (χ0) is 16.4. The first kappa shape index (κ1) is 15.7. The molecular weight excluding hydrogens is 286 g/mol. The van der Waals surface area contributed by atoms with Gasteiger partial charge in [-0.05, 0) is 50.1 Å². The minimum Gasteiger partial charge on any atom is -0.385 e. The van der Waals surface area contributed by atoms with Crippen LogP contribution in [-0.4, -0.2) is 35.0 Å². The van der Waals surface area contributed by atoms with E-state index in [9.17, 15) is 0 Å². The number of nitrogen functional groups attached to an aromatic ring is 1. The molecule has 122 valence electrons. The molecule has 0 aliphatic carbocycles. The maximum absolute atomic E-state index is 5.89. The lowest BCUT2D eigenvalue weighted by Gasteiger charge is -2.28. The molecule has 5 heteroatoms. The third-order valence-electron chi connectivity index (χ3n) is 4.41. The van der Waals surface area contributed by atoms with E-state index in [2.05, 4.69) is 48.2 Å². The van der Waals surface area contributed by atoms with Crippen LogP contribution in [0.25, 0.3) is 11.3 Å². The number of anilines is 2. The number of benzene rings is 1. The Morgan fingerprint density at radius 1 is 1.30 bits per heavy atom. The molecule has 5 nitrogen and oxygen atoms in total. The van der Waals surface area contributed by atoms with E-state index in [0.717, 1.165) is 49.4 Å². The van der Waals surface area contributed by atoms with E-state index in [1.54, 1.807) is 6.20 Å². The third kappa shape index (κ3) is 3.15. The zero-order valence-corrected chi connectivity index (χ0v) is 14.2. The highest BCUT2D eigenvalue weighted by Crippen LogP contribution is 2.32. The van der Waals surface area contributed by atoms with Crippen LogP contribution in [0.4, 0.5) is 11.5 Å². The highest BCUT2D eigenvalue weighted by molar-refractivity contribution is 5.70. The number of hydrogen-bond acceptors (Lipinski definition) is 5. The molecule has 23 heavy (non-hydrogen) atoms. The second kappa shape index (κ2) is 6.54. The average molecular weight is 311 g/mol. The summed E-state index contributed by atoms with van der Waals surface area (Å²) in [7, 11) is 2.17.